The number of carbonyl (C=O) groups excluding carboxylic acids is 1. The van der Waals surface area contributed by atoms with Crippen LogP contribution in [0.15, 0.2) is 53.4 Å². The molecule has 0 aliphatic carbocycles. The molecule has 23 heavy (non-hydrogen) atoms. The van der Waals surface area contributed by atoms with Crippen molar-refractivity contribution in [1.82, 2.24) is 10.2 Å². The number of hydrogen-bond donors (Lipinski definition) is 1. The molecule has 3 nitrogen and oxygen atoms in total. The van der Waals surface area contributed by atoms with Gasteiger partial charge in [0.15, 0.2) is 0 Å². The van der Waals surface area contributed by atoms with E-state index in [0.29, 0.717) is 6.54 Å². The van der Waals surface area contributed by atoms with Crippen molar-refractivity contribution >= 4 is 17.7 Å². The zero-order chi connectivity index (χ0) is 16.1. The van der Waals surface area contributed by atoms with Gasteiger partial charge in [0.25, 0.3) is 5.91 Å². The maximum absolute atomic E-state index is 12.1. The van der Waals surface area contributed by atoms with Crippen LogP contribution in [0.5, 0.6) is 0 Å². The molecule has 0 bridgehead atoms. The fourth-order valence-corrected chi connectivity index (χ4v) is 3.33. The topological polar surface area (TPSA) is 32.3 Å². The summed E-state index contributed by atoms with van der Waals surface area (Å²) in [6.07, 6.45) is 3.13. The minimum atomic E-state index is 0.00932. The van der Waals surface area contributed by atoms with E-state index in [0.717, 1.165) is 31.6 Å². The Morgan fingerprint density at radius 3 is 2.61 bits per heavy atom. The Bertz CT molecular complexity index is 669. The molecule has 1 heterocycles. The monoisotopic (exact) mass is 326 g/mol. The molecule has 1 aliphatic heterocycles. The Hall–Kier alpha value is -1.78. The van der Waals surface area contributed by atoms with Gasteiger partial charge in [-0.1, -0.05) is 24.3 Å². The van der Waals surface area contributed by atoms with Crippen LogP contribution in [0.25, 0.3) is 0 Å². The molecule has 4 heteroatoms. The van der Waals surface area contributed by atoms with E-state index < -0.39 is 0 Å². The molecule has 0 atom stereocenters. The Morgan fingerprint density at radius 2 is 1.87 bits per heavy atom. The van der Waals surface area contributed by atoms with Gasteiger partial charge < -0.3 is 5.32 Å². The van der Waals surface area contributed by atoms with E-state index in [1.165, 1.54) is 16.0 Å². The highest BCUT2D eigenvalue weighted by molar-refractivity contribution is 7.98. The molecule has 0 saturated carbocycles. The van der Waals surface area contributed by atoms with Crippen LogP contribution in [-0.4, -0.2) is 36.7 Å². The van der Waals surface area contributed by atoms with Gasteiger partial charge in [0.2, 0.25) is 0 Å². The molecule has 0 unspecified atom stereocenters. The predicted molar refractivity (Wildman–Crippen MR) is 96.0 cm³/mol. The van der Waals surface area contributed by atoms with Gasteiger partial charge >= 0.3 is 0 Å². The summed E-state index contributed by atoms with van der Waals surface area (Å²) >= 11 is 1.68. The number of rotatable bonds is 5. The average molecular weight is 326 g/mol. The maximum Gasteiger partial charge on any atom is 0.251 e. The minimum Gasteiger partial charge on any atom is -0.351 e. The lowest BCUT2D eigenvalue weighted by Crippen LogP contribution is -2.37. The molecule has 1 amide bonds. The van der Waals surface area contributed by atoms with Crippen molar-refractivity contribution in [1.29, 1.82) is 0 Å². The van der Waals surface area contributed by atoms with Crippen molar-refractivity contribution in [3.8, 4) is 0 Å². The summed E-state index contributed by atoms with van der Waals surface area (Å²) in [5.74, 6) is 0.00932. The lowest BCUT2D eigenvalue weighted by molar-refractivity contribution is 0.0947. The van der Waals surface area contributed by atoms with Gasteiger partial charge in [0, 0.05) is 36.6 Å². The van der Waals surface area contributed by atoms with Gasteiger partial charge in [-0.05, 0) is 48.1 Å². The zero-order valence-electron chi connectivity index (χ0n) is 13.4. The molecule has 0 fully saturated rings. The van der Waals surface area contributed by atoms with Crippen molar-refractivity contribution in [2.75, 3.05) is 25.9 Å². The van der Waals surface area contributed by atoms with Crippen molar-refractivity contribution in [2.24, 2.45) is 0 Å². The SMILES string of the molecule is CSc1ccc(C(=O)NCCN2CCc3ccccc3C2)cc1. The minimum absolute atomic E-state index is 0.00932. The molecular formula is C19H22N2OS. The Kier molecular flexibility index (Phi) is 5.36. The van der Waals surface area contributed by atoms with Crippen molar-refractivity contribution in [3.05, 3.63) is 65.2 Å². The fraction of sp³-hybridized carbons (Fsp3) is 0.316. The Balaban J connectivity index is 1.47. The predicted octanol–water partition coefficient (Wildman–Crippen LogP) is 3.20. The normalized spacial score (nSPS) is 14.3. The zero-order valence-corrected chi connectivity index (χ0v) is 14.2. The number of hydrogen-bond acceptors (Lipinski definition) is 3. The van der Waals surface area contributed by atoms with Crippen LogP contribution in [0.3, 0.4) is 0 Å². The third-order valence-electron chi connectivity index (χ3n) is 4.28. The Labute approximate surface area is 142 Å². The highest BCUT2D eigenvalue weighted by Gasteiger charge is 2.15. The molecule has 0 saturated heterocycles. The second kappa shape index (κ2) is 7.66. The van der Waals surface area contributed by atoms with E-state index >= 15 is 0 Å². The molecule has 120 valence electrons. The smallest absolute Gasteiger partial charge is 0.251 e. The Morgan fingerprint density at radius 1 is 1.13 bits per heavy atom. The van der Waals surface area contributed by atoms with E-state index in [1.807, 2.05) is 30.5 Å². The van der Waals surface area contributed by atoms with Gasteiger partial charge in [-0.3, -0.25) is 9.69 Å². The molecule has 0 radical (unpaired) electrons. The summed E-state index contributed by atoms with van der Waals surface area (Å²) in [5, 5.41) is 3.02. The second-order valence-corrected chi connectivity index (χ2v) is 6.66. The number of carbonyl (C=O) groups is 1. The second-order valence-electron chi connectivity index (χ2n) is 5.78. The highest BCUT2D eigenvalue weighted by Crippen LogP contribution is 2.18. The standard InChI is InChI=1S/C19H22N2OS/c1-23-18-8-6-16(7-9-18)19(22)20-11-13-21-12-10-15-4-2-3-5-17(15)14-21/h2-9H,10-14H2,1H3,(H,20,22). The first-order valence-corrected chi connectivity index (χ1v) is 9.20. The maximum atomic E-state index is 12.1. The number of benzene rings is 2. The third kappa shape index (κ3) is 4.15. The fourth-order valence-electron chi connectivity index (χ4n) is 2.92. The van der Waals surface area contributed by atoms with Gasteiger partial charge in [-0.2, -0.15) is 0 Å². The summed E-state index contributed by atoms with van der Waals surface area (Å²) in [5.41, 5.74) is 3.60. The van der Waals surface area contributed by atoms with Gasteiger partial charge in [-0.15, -0.1) is 11.8 Å². The number of thioether (sulfide) groups is 1. The average Bonchev–Trinajstić information content (AvgIpc) is 2.61. The number of amides is 1. The van der Waals surface area contributed by atoms with E-state index in [1.54, 1.807) is 11.8 Å². The first-order chi connectivity index (χ1) is 11.3. The van der Waals surface area contributed by atoms with Gasteiger partial charge in [0.1, 0.15) is 0 Å². The molecular weight excluding hydrogens is 304 g/mol. The molecule has 2 aromatic carbocycles. The molecule has 1 aliphatic rings. The molecule has 0 spiro atoms. The van der Waals surface area contributed by atoms with E-state index in [9.17, 15) is 4.79 Å². The van der Waals surface area contributed by atoms with Crippen LogP contribution >= 0.6 is 11.8 Å². The number of fused-ring (bicyclic) bond motifs is 1. The largest absolute Gasteiger partial charge is 0.351 e. The van der Waals surface area contributed by atoms with Gasteiger partial charge in [-0.25, -0.2) is 0 Å². The third-order valence-corrected chi connectivity index (χ3v) is 5.02. The molecule has 0 aromatic heterocycles. The van der Waals surface area contributed by atoms with Crippen LogP contribution in [0.2, 0.25) is 0 Å². The lowest BCUT2D eigenvalue weighted by Gasteiger charge is -2.28. The molecule has 2 aromatic rings. The van der Waals surface area contributed by atoms with Crippen LogP contribution < -0.4 is 5.32 Å². The van der Waals surface area contributed by atoms with Crippen molar-refractivity contribution in [2.45, 2.75) is 17.9 Å². The van der Waals surface area contributed by atoms with E-state index in [2.05, 4.69) is 34.5 Å². The first kappa shape index (κ1) is 16.1. The van der Waals surface area contributed by atoms with Crippen LogP contribution in [0.4, 0.5) is 0 Å². The summed E-state index contributed by atoms with van der Waals surface area (Å²) in [6, 6.07) is 16.4. The quantitative estimate of drug-likeness (QED) is 0.857. The molecule has 3 rings (SSSR count). The summed E-state index contributed by atoms with van der Waals surface area (Å²) in [7, 11) is 0. The first-order valence-electron chi connectivity index (χ1n) is 7.97. The van der Waals surface area contributed by atoms with E-state index in [4.69, 9.17) is 0 Å². The van der Waals surface area contributed by atoms with Crippen LogP contribution in [-0.2, 0) is 13.0 Å². The molecule has 1 N–H and O–H groups in total. The lowest BCUT2D eigenvalue weighted by atomic mass is 10.00. The number of nitrogens with one attached hydrogen (secondary N) is 1. The van der Waals surface area contributed by atoms with Crippen LogP contribution in [0, 0.1) is 0 Å². The van der Waals surface area contributed by atoms with Crippen LogP contribution in [0.1, 0.15) is 21.5 Å². The summed E-state index contributed by atoms with van der Waals surface area (Å²) < 4.78 is 0. The highest BCUT2D eigenvalue weighted by atomic mass is 32.2. The summed E-state index contributed by atoms with van der Waals surface area (Å²) in [6.45, 7) is 3.62. The van der Waals surface area contributed by atoms with Crippen molar-refractivity contribution in [3.63, 3.8) is 0 Å². The van der Waals surface area contributed by atoms with Crippen molar-refractivity contribution < 1.29 is 4.79 Å². The van der Waals surface area contributed by atoms with Gasteiger partial charge in [0.05, 0.1) is 0 Å². The van der Waals surface area contributed by atoms with E-state index in [-0.39, 0.29) is 5.91 Å². The summed E-state index contributed by atoms with van der Waals surface area (Å²) in [4.78, 5) is 15.7. The number of nitrogens with zero attached hydrogens (tertiary/aromatic N) is 1.